The van der Waals surface area contributed by atoms with Gasteiger partial charge in [-0.1, -0.05) is 12.1 Å². The lowest BCUT2D eigenvalue weighted by molar-refractivity contribution is 0.0942. The summed E-state index contributed by atoms with van der Waals surface area (Å²) in [6.45, 7) is 0.560. The van der Waals surface area contributed by atoms with Gasteiger partial charge in [0.1, 0.15) is 5.75 Å². The molecule has 17 heavy (non-hydrogen) atoms. The lowest BCUT2D eigenvalue weighted by Gasteiger charge is -2.11. The standard InChI is InChI=1S/C13H17NO3/c15-10-6-5-9(7-10)8-14-13(17)11-3-1-2-4-12(11)16/h1-4,9-10,15-16H,5-8H2,(H,14,17). The molecule has 1 saturated carbocycles. The molecule has 2 unspecified atom stereocenters. The zero-order valence-electron chi connectivity index (χ0n) is 9.60. The minimum Gasteiger partial charge on any atom is -0.507 e. The van der Waals surface area contributed by atoms with Crippen LogP contribution in [0.5, 0.6) is 5.75 Å². The van der Waals surface area contributed by atoms with E-state index in [0.717, 1.165) is 19.3 Å². The normalized spacial score (nSPS) is 23.6. The first-order valence-electron chi connectivity index (χ1n) is 5.91. The summed E-state index contributed by atoms with van der Waals surface area (Å²) in [6, 6.07) is 6.48. The number of hydrogen-bond donors (Lipinski definition) is 3. The topological polar surface area (TPSA) is 69.6 Å². The van der Waals surface area contributed by atoms with Crippen LogP contribution < -0.4 is 5.32 Å². The van der Waals surface area contributed by atoms with Crippen molar-refractivity contribution in [3.8, 4) is 5.75 Å². The second-order valence-electron chi connectivity index (χ2n) is 4.56. The van der Waals surface area contributed by atoms with E-state index in [4.69, 9.17) is 0 Å². The van der Waals surface area contributed by atoms with Gasteiger partial charge in [-0.05, 0) is 37.3 Å². The second kappa shape index (κ2) is 5.19. The van der Waals surface area contributed by atoms with Crippen LogP contribution in [-0.4, -0.2) is 28.8 Å². The first-order valence-corrected chi connectivity index (χ1v) is 5.91. The van der Waals surface area contributed by atoms with Crippen molar-refractivity contribution in [1.82, 2.24) is 5.32 Å². The predicted octanol–water partition coefficient (Wildman–Crippen LogP) is 1.28. The number of benzene rings is 1. The van der Waals surface area contributed by atoms with E-state index in [1.807, 2.05) is 0 Å². The third-order valence-corrected chi connectivity index (χ3v) is 3.21. The molecule has 3 N–H and O–H groups in total. The van der Waals surface area contributed by atoms with Crippen molar-refractivity contribution in [3.63, 3.8) is 0 Å². The van der Waals surface area contributed by atoms with Crippen molar-refractivity contribution in [2.75, 3.05) is 6.54 Å². The molecular weight excluding hydrogens is 218 g/mol. The summed E-state index contributed by atoms with van der Waals surface area (Å²) >= 11 is 0. The Bertz CT molecular complexity index is 405. The Morgan fingerprint density at radius 2 is 2.12 bits per heavy atom. The molecule has 92 valence electrons. The number of nitrogens with one attached hydrogen (secondary N) is 1. The van der Waals surface area contributed by atoms with Crippen molar-refractivity contribution in [2.45, 2.75) is 25.4 Å². The van der Waals surface area contributed by atoms with Crippen molar-refractivity contribution in [1.29, 1.82) is 0 Å². The maximum absolute atomic E-state index is 11.8. The summed E-state index contributed by atoms with van der Waals surface area (Å²) in [5, 5.41) is 21.7. The van der Waals surface area contributed by atoms with E-state index in [9.17, 15) is 15.0 Å². The van der Waals surface area contributed by atoms with Crippen LogP contribution >= 0.6 is 0 Å². The van der Waals surface area contributed by atoms with Gasteiger partial charge in [-0.3, -0.25) is 4.79 Å². The highest BCUT2D eigenvalue weighted by atomic mass is 16.3. The first kappa shape index (κ1) is 11.9. The zero-order valence-corrected chi connectivity index (χ0v) is 9.60. The second-order valence-corrected chi connectivity index (χ2v) is 4.56. The van der Waals surface area contributed by atoms with Crippen molar-refractivity contribution < 1.29 is 15.0 Å². The minimum atomic E-state index is -0.260. The summed E-state index contributed by atoms with van der Waals surface area (Å²) in [5.41, 5.74) is 0.297. The van der Waals surface area contributed by atoms with Crippen LogP contribution in [0.4, 0.5) is 0 Å². The maximum Gasteiger partial charge on any atom is 0.255 e. The van der Waals surface area contributed by atoms with Crippen LogP contribution in [0.25, 0.3) is 0 Å². The molecule has 4 nitrogen and oxygen atoms in total. The number of rotatable bonds is 3. The Balaban J connectivity index is 1.88. The number of hydrogen-bond acceptors (Lipinski definition) is 3. The number of aliphatic hydroxyl groups excluding tert-OH is 1. The lowest BCUT2D eigenvalue weighted by atomic mass is 10.1. The summed E-state index contributed by atoms with van der Waals surface area (Å²) in [7, 11) is 0. The van der Waals surface area contributed by atoms with Crippen LogP contribution in [0.2, 0.25) is 0 Å². The fourth-order valence-electron chi connectivity index (χ4n) is 2.23. The van der Waals surface area contributed by atoms with Crippen molar-refractivity contribution >= 4 is 5.91 Å². The summed E-state index contributed by atoms with van der Waals surface area (Å²) in [4.78, 5) is 11.8. The molecule has 1 amide bonds. The van der Waals surface area contributed by atoms with Crippen molar-refractivity contribution in [3.05, 3.63) is 29.8 Å². The SMILES string of the molecule is O=C(NCC1CCC(O)C1)c1ccccc1O. The quantitative estimate of drug-likeness (QED) is 0.739. The molecular formula is C13H17NO3. The third kappa shape index (κ3) is 2.97. The van der Waals surface area contributed by atoms with Gasteiger partial charge in [0.15, 0.2) is 0 Å². The molecule has 0 aliphatic heterocycles. The molecule has 1 fully saturated rings. The maximum atomic E-state index is 11.8. The number of para-hydroxylation sites is 1. The Morgan fingerprint density at radius 1 is 1.35 bits per heavy atom. The van der Waals surface area contributed by atoms with E-state index in [2.05, 4.69) is 5.32 Å². The fourth-order valence-corrected chi connectivity index (χ4v) is 2.23. The molecule has 0 heterocycles. The van der Waals surface area contributed by atoms with Crippen LogP contribution in [0.1, 0.15) is 29.6 Å². The van der Waals surface area contributed by atoms with Crippen LogP contribution in [0.15, 0.2) is 24.3 Å². The van der Waals surface area contributed by atoms with E-state index in [1.54, 1.807) is 18.2 Å². The molecule has 2 rings (SSSR count). The fraction of sp³-hybridized carbons (Fsp3) is 0.462. The molecule has 0 spiro atoms. The van der Waals surface area contributed by atoms with Crippen LogP contribution in [-0.2, 0) is 0 Å². The molecule has 0 radical (unpaired) electrons. The molecule has 1 aromatic carbocycles. The average molecular weight is 235 g/mol. The molecule has 4 heteroatoms. The van der Waals surface area contributed by atoms with Gasteiger partial charge in [-0.25, -0.2) is 0 Å². The first-order chi connectivity index (χ1) is 8.16. The number of phenolic OH excluding ortho intramolecular Hbond substituents is 1. The van der Waals surface area contributed by atoms with E-state index in [1.165, 1.54) is 6.07 Å². The molecule has 0 saturated heterocycles. The van der Waals surface area contributed by atoms with Crippen LogP contribution in [0, 0.1) is 5.92 Å². The number of aliphatic hydroxyl groups is 1. The number of carbonyl (C=O) groups excluding carboxylic acids is 1. The molecule has 0 aromatic heterocycles. The molecule has 0 bridgehead atoms. The van der Waals surface area contributed by atoms with Gasteiger partial charge < -0.3 is 15.5 Å². The number of carbonyl (C=O) groups is 1. The van der Waals surface area contributed by atoms with E-state index < -0.39 is 0 Å². The van der Waals surface area contributed by atoms with E-state index in [0.29, 0.717) is 18.0 Å². The van der Waals surface area contributed by atoms with Crippen LogP contribution in [0.3, 0.4) is 0 Å². The van der Waals surface area contributed by atoms with Gasteiger partial charge >= 0.3 is 0 Å². The Labute approximate surface area is 100 Å². The monoisotopic (exact) mass is 235 g/mol. The number of phenols is 1. The summed E-state index contributed by atoms with van der Waals surface area (Å²) < 4.78 is 0. The Hall–Kier alpha value is -1.55. The van der Waals surface area contributed by atoms with Gasteiger partial charge in [0.25, 0.3) is 5.91 Å². The largest absolute Gasteiger partial charge is 0.507 e. The minimum absolute atomic E-state index is 0.00328. The molecule has 1 aliphatic rings. The van der Waals surface area contributed by atoms with E-state index in [-0.39, 0.29) is 17.8 Å². The summed E-state index contributed by atoms with van der Waals surface area (Å²) in [6.07, 6.45) is 2.29. The predicted molar refractivity (Wildman–Crippen MR) is 63.8 cm³/mol. The number of amides is 1. The smallest absolute Gasteiger partial charge is 0.255 e. The highest BCUT2D eigenvalue weighted by Gasteiger charge is 2.23. The summed E-state index contributed by atoms with van der Waals surface area (Å²) in [5.74, 6) is 0.0840. The lowest BCUT2D eigenvalue weighted by Crippen LogP contribution is -2.28. The van der Waals surface area contributed by atoms with Gasteiger partial charge in [0, 0.05) is 6.54 Å². The molecule has 1 aromatic rings. The van der Waals surface area contributed by atoms with Gasteiger partial charge in [0.05, 0.1) is 11.7 Å². The van der Waals surface area contributed by atoms with Gasteiger partial charge in [-0.2, -0.15) is 0 Å². The van der Waals surface area contributed by atoms with Crippen molar-refractivity contribution in [2.24, 2.45) is 5.92 Å². The average Bonchev–Trinajstić information content (AvgIpc) is 2.73. The third-order valence-electron chi connectivity index (χ3n) is 3.21. The van der Waals surface area contributed by atoms with Gasteiger partial charge in [-0.15, -0.1) is 0 Å². The Kier molecular flexibility index (Phi) is 3.64. The van der Waals surface area contributed by atoms with E-state index >= 15 is 0 Å². The van der Waals surface area contributed by atoms with Gasteiger partial charge in [0.2, 0.25) is 0 Å². The zero-order chi connectivity index (χ0) is 12.3. The molecule has 1 aliphatic carbocycles. The Morgan fingerprint density at radius 3 is 2.76 bits per heavy atom. The highest BCUT2D eigenvalue weighted by Crippen LogP contribution is 2.24. The number of aromatic hydroxyl groups is 1. The molecule has 2 atom stereocenters. The highest BCUT2D eigenvalue weighted by molar-refractivity contribution is 5.96.